The zero-order valence-corrected chi connectivity index (χ0v) is 16.0. The lowest BCUT2D eigenvalue weighted by Gasteiger charge is -2.26. The standard InChI is InChI=1S/C17H30N6O/c1-13-15(14(2)21(6)20-13)10-22(8-9-24-7)11-16-18-12-19-23(16)17(3,4)5/h12H,8-11H2,1-7H3. The van der Waals surface area contributed by atoms with Crippen molar-refractivity contribution in [1.29, 1.82) is 0 Å². The summed E-state index contributed by atoms with van der Waals surface area (Å²) in [4.78, 5) is 6.81. The van der Waals surface area contributed by atoms with Gasteiger partial charge in [-0.05, 0) is 34.6 Å². The number of hydrogen-bond donors (Lipinski definition) is 0. The average molecular weight is 334 g/mol. The highest BCUT2D eigenvalue weighted by Crippen LogP contribution is 2.18. The van der Waals surface area contributed by atoms with Gasteiger partial charge in [-0.1, -0.05) is 0 Å². The molecule has 0 N–H and O–H groups in total. The monoisotopic (exact) mass is 334 g/mol. The summed E-state index contributed by atoms with van der Waals surface area (Å²) in [6.45, 7) is 13.7. The molecule has 2 heterocycles. The molecule has 2 rings (SSSR count). The lowest BCUT2D eigenvalue weighted by atomic mass is 10.1. The van der Waals surface area contributed by atoms with Crippen LogP contribution in [0.2, 0.25) is 0 Å². The van der Waals surface area contributed by atoms with Gasteiger partial charge >= 0.3 is 0 Å². The van der Waals surface area contributed by atoms with Crippen LogP contribution in [0.5, 0.6) is 0 Å². The Hall–Kier alpha value is -1.73. The maximum Gasteiger partial charge on any atom is 0.141 e. The zero-order valence-electron chi connectivity index (χ0n) is 16.0. The second-order valence-corrected chi connectivity index (χ2v) is 7.24. The predicted molar refractivity (Wildman–Crippen MR) is 93.7 cm³/mol. The fourth-order valence-corrected chi connectivity index (χ4v) is 2.84. The Bertz CT molecular complexity index is 667. The maximum absolute atomic E-state index is 5.29. The second-order valence-electron chi connectivity index (χ2n) is 7.24. The number of rotatable bonds is 7. The minimum atomic E-state index is -0.0844. The molecular weight excluding hydrogens is 304 g/mol. The molecule has 0 aliphatic heterocycles. The molecule has 0 aliphatic carbocycles. The summed E-state index contributed by atoms with van der Waals surface area (Å²) in [6.07, 6.45) is 1.63. The van der Waals surface area contributed by atoms with Gasteiger partial charge in [0.2, 0.25) is 0 Å². The third-order valence-electron chi connectivity index (χ3n) is 4.27. The normalized spacial score (nSPS) is 12.3. The zero-order chi connectivity index (χ0) is 17.9. The molecule has 0 saturated heterocycles. The molecule has 0 bridgehead atoms. The van der Waals surface area contributed by atoms with E-state index in [2.05, 4.69) is 54.7 Å². The highest BCUT2D eigenvalue weighted by Gasteiger charge is 2.21. The second kappa shape index (κ2) is 7.44. The minimum absolute atomic E-state index is 0.0844. The molecule has 0 aromatic carbocycles. The smallest absolute Gasteiger partial charge is 0.141 e. The Kier molecular flexibility index (Phi) is 5.77. The van der Waals surface area contributed by atoms with E-state index < -0.39 is 0 Å². The quantitative estimate of drug-likeness (QED) is 0.775. The molecule has 0 aliphatic rings. The summed E-state index contributed by atoms with van der Waals surface area (Å²) in [7, 11) is 3.72. The molecule has 0 fully saturated rings. The van der Waals surface area contributed by atoms with Gasteiger partial charge in [0.25, 0.3) is 0 Å². The number of aryl methyl sites for hydroxylation is 2. The van der Waals surface area contributed by atoms with E-state index in [0.717, 1.165) is 31.2 Å². The van der Waals surface area contributed by atoms with Gasteiger partial charge < -0.3 is 4.74 Å². The Morgan fingerprint density at radius 2 is 1.92 bits per heavy atom. The van der Waals surface area contributed by atoms with E-state index in [-0.39, 0.29) is 5.54 Å². The first-order valence-corrected chi connectivity index (χ1v) is 8.33. The minimum Gasteiger partial charge on any atom is -0.383 e. The summed E-state index contributed by atoms with van der Waals surface area (Å²) < 4.78 is 9.22. The lowest BCUT2D eigenvalue weighted by molar-refractivity contribution is 0.135. The predicted octanol–water partition coefficient (Wildman–Crippen LogP) is 2.03. The number of aromatic nitrogens is 5. The van der Waals surface area contributed by atoms with Crippen molar-refractivity contribution in [3.63, 3.8) is 0 Å². The molecule has 7 heteroatoms. The van der Waals surface area contributed by atoms with Crippen LogP contribution in [0.25, 0.3) is 0 Å². The fourth-order valence-electron chi connectivity index (χ4n) is 2.84. The van der Waals surface area contributed by atoms with Crippen LogP contribution < -0.4 is 0 Å². The molecule has 24 heavy (non-hydrogen) atoms. The Labute approximate surface area is 144 Å². The van der Waals surface area contributed by atoms with Crippen molar-refractivity contribution in [1.82, 2.24) is 29.4 Å². The van der Waals surface area contributed by atoms with Crippen molar-refractivity contribution in [2.75, 3.05) is 20.3 Å². The lowest BCUT2D eigenvalue weighted by Crippen LogP contribution is -2.32. The van der Waals surface area contributed by atoms with Crippen LogP contribution in [-0.4, -0.2) is 49.7 Å². The largest absolute Gasteiger partial charge is 0.383 e. The molecule has 134 valence electrons. The van der Waals surface area contributed by atoms with Gasteiger partial charge in [0, 0.05) is 38.5 Å². The summed E-state index contributed by atoms with van der Waals surface area (Å²) in [5.74, 6) is 0.970. The third kappa shape index (κ3) is 4.21. The van der Waals surface area contributed by atoms with Crippen molar-refractivity contribution in [3.8, 4) is 0 Å². The van der Waals surface area contributed by atoms with E-state index >= 15 is 0 Å². The van der Waals surface area contributed by atoms with Gasteiger partial charge in [0.1, 0.15) is 12.2 Å². The Morgan fingerprint density at radius 1 is 1.21 bits per heavy atom. The number of ether oxygens (including phenoxy) is 1. The number of methoxy groups -OCH3 is 1. The van der Waals surface area contributed by atoms with Gasteiger partial charge in [-0.25, -0.2) is 9.67 Å². The van der Waals surface area contributed by atoms with Gasteiger partial charge in [-0.15, -0.1) is 0 Å². The molecule has 0 amide bonds. The van der Waals surface area contributed by atoms with Crippen molar-refractivity contribution >= 4 is 0 Å². The number of nitrogens with zero attached hydrogens (tertiary/aromatic N) is 6. The van der Waals surface area contributed by atoms with Crippen molar-refractivity contribution in [3.05, 3.63) is 29.1 Å². The molecule has 0 unspecified atom stereocenters. The molecule has 0 atom stereocenters. The van der Waals surface area contributed by atoms with Crippen molar-refractivity contribution in [2.45, 2.75) is 53.2 Å². The summed E-state index contributed by atoms with van der Waals surface area (Å²) in [5, 5.41) is 8.92. The third-order valence-corrected chi connectivity index (χ3v) is 4.27. The first kappa shape index (κ1) is 18.6. The summed E-state index contributed by atoms with van der Waals surface area (Å²) in [5.41, 5.74) is 3.47. The molecule has 0 radical (unpaired) electrons. The van der Waals surface area contributed by atoms with Crippen LogP contribution in [0.1, 0.15) is 43.5 Å². The van der Waals surface area contributed by atoms with Gasteiger partial charge in [-0.3, -0.25) is 9.58 Å². The van der Waals surface area contributed by atoms with Gasteiger partial charge in [-0.2, -0.15) is 10.2 Å². The Morgan fingerprint density at radius 3 is 2.46 bits per heavy atom. The fraction of sp³-hybridized carbons (Fsp3) is 0.706. The van der Waals surface area contributed by atoms with E-state index in [1.807, 2.05) is 16.4 Å². The van der Waals surface area contributed by atoms with Crippen molar-refractivity contribution in [2.24, 2.45) is 7.05 Å². The van der Waals surface area contributed by atoms with E-state index in [0.29, 0.717) is 6.61 Å². The topological polar surface area (TPSA) is 61.0 Å². The highest BCUT2D eigenvalue weighted by molar-refractivity contribution is 5.24. The maximum atomic E-state index is 5.29. The van der Waals surface area contributed by atoms with E-state index in [1.54, 1.807) is 13.4 Å². The first-order chi connectivity index (χ1) is 11.2. The highest BCUT2D eigenvalue weighted by atomic mass is 16.5. The molecule has 0 spiro atoms. The van der Waals surface area contributed by atoms with E-state index in [9.17, 15) is 0 Å². The SMILES string of the molecule is COCCN(Cc1c(C)nn(C)c1C)Cc1ncnn1C(C)(C)C. The van der Waals surface area contributed by atoms with E-state index in [4.69, 9.17) is 4.74 Å². The van der Waals surface area contributed by atoms with Gasteiger partial charge in [0.05, 0.1) is 24.4 Å². The van der Waals surface area contributed by atoms with E-state index in [1.165, 1.54) is 11.3 Å². The molecule has 2 aromatic rings. The molecule has 7 nitrogen and oxygen atoms in total. The molecular formula is C17H30N6O. The van der Waals surface area contributed by atoms with Crippen LogP contribution in [0.3, 0.4) is 0 Å². The summed E-state index contributed by atoms with van der Waals surface area (Å²) in [6, 6.07) is 0. The average Bonchev–Trinajstić information content (AvgIpc) is 3.05. The van der Waals surface area contributed by atoms with Gasteiger partial charge in [0.15, 0.2) is 0 Å². The van der Waals surface area contributed by atoms with Crippen molar-refractivity contribution < 1.29 is 4.74 Å². The van der Waals surface area contributed by atoms with Crippen LogP contribution in [0.15, 0.2) is 6.33 Å². The van der Waals surface area contributed by atoms with Crippen LogP contribution in [0.4, 0.5) is 0 Å². The number of hydrogen-bond acceptors (Lipinski definition) is 5. The Balaban J connectivity index is 2.22. The van der Waals surface area contributed by atoms with Crippen LogP contribution in [-0.2, 0) is 30.4 Å². The molecule has 2 aromatic heterocycles. The summed E-state index contributed by atoms with van der Waals surface area (Å²) >= 11 is 0. The van der Waals surface area contributed by atoms with Crippen LogP contribution >= 0.6 is 0 Å². The molecule has 0 saturated carbocycles. The first-order valence-electron chi connectivity index (χ1n) is 8.33. The van der Waals surface area contributed by atoms with Crippen LogP contribution in [0, 0.1) is 13.8 Å².